The Bertz CT molecular complexity index is 709. The van der Waals surface area contributed by atoms with Gasteiger partial charge >= 0.3 is 0 Å². The molecule has 0 radical (unpaired) electrons. The molecule has 2 fully saturated rings. The van der Waals surface area contributed by atoms with Gasteiger partial charge in [0.1, 0.15) is 11.5 Å². The largest absolute Gasteiger partial charge is 0.465 e. The lowest BCUT2D eigenvalue weighted by Gasteiger charge is -2.40. The van der Waals surface area contributed by atoms with Crippen LogP contribution in [-0.2, 0) is 6.54 Å². The Morgan fingerprint density at radius 2 is 2.17 bits per heavy atom. The van der Waals surface area contributed by atoms with E-state index in [1.807, 2.05) is 30.5 Å². The normalized spacial score (nSPS) is 24.8. The van der Waals surface area contributed by atoms with Gasteiger partial charge in [0.25, 0.3) is 5.91 Å². The fraction of sp³-hybridized carbons (Fsp3) is 0.526. The van der Waals surface area contributed by atoms with Crippen molar-refractivity contribution < 1.29 is 9.21 Å². The average Bonchev–Trinajstić information content (AvgIpc) is 3.30. The van der Waals surface area contributed by atoms with Crippen molar-refractivity contribution in [2.45, 2.75) is 32.7 Å². The molecule has 1 spiro atoms. The van der Waals surface area contributed by atoms with E-state index in [0.717, 1.165) is 55.5 Å². The lowest BCUT2D eigenvalue weighted by molar-refractivity contribution is 0.0529. The predicted octanol–water partition coefficient (Wildman–Crippen LogP) is 3.78. The van der Waals surface area contributed by atoms with Crippen molar-refractivity contribution in [2.24, 2.45) is 5.41 Å². The summed E-state index contributed by atoms with van der Waals surface area (Å²) in [5, 5.41) is 1.98. The smallest absolute Gasteiger partial charge is 0.263 e. The van der Waals surface area contributed by atoms with Gasteiger partial charge < -0.3 is 9.32 Å². The van der Waals surface area contributed by atoms with Gasteiger partial charge in [-0.2, -0.15) is 0 Å². The first-order valence-electron chi connectivity index (χ1n) is 8.74. The molecule has 2 saturated heterocycles. The third kappa shape index (κ3) is 3.15. The van der Waals surface area contributed by atoms with Gasteiger partial charge in [-0.1, -0.05) is 6.07 Å². The Balaban J connectivity index is 1.41. The van der Waals surface area contributed by atoms with E-state index in [-0.39, 0.29) is 11.3 Å². The summed E-state index contributed by atoms with van der Waals surface area (Å²) in [5.74, 6) is 2.24. The maximum absolute atomic E-state index is 12.7. The van der Waals surface area contributed by atoms with Gasteiger partial charge in [0.05, 0.1) is 11.4 Å². The van der Waals surface area contributed by atoms with E-state index in [4.69, 9.17) is 4.42 Å². The van der Waals surface area contributed by atoms with E-state index in [1.54, 1.807) is 11.3 Å². The molecule has 2 aromatic heterocycles. The number of likely N-dealkylation sites (tertiary alicyclic amines) is 2. The van der Waals surface area contributed by atoms with E-state index >= 15 is 0 Å². The van der Waals surface area contributed by atoms with Crippen LogP contribution in [0.2, 0.25) is 0 Å². The fourth-order valence-corrected chi connectivity index (χ4v) is 4.91. The molecule has 1 amide bonds. The van der Waals surface area contributed by atoms with Crippen LogP contribution in [0.25, 0.3) is 0 Å². The van der Waals surface area contributed by atoms with Gasteiger partial charge in [-0.25, -0.2) is 0 Å². The number of amides is 1. The first-order chi connectivity index (χ1) is 11.6. The summed E-state index contributed by atoms with van der Waals surface area (Å²) in [7, 11) is 0. The van der Waals surface area contributed by atoms with E-state index in [2.05, 4.69) is 15.9 Å². The van der Waals surface area contributed by atoms with Crippen molar-refractivity contribution in [3.8, 4) is 0 Å². The van der Waals surface area contributed by atoms with Crippen LogP contribution in [0.15, 0.2) is 34.1 Å². The molecule has 1 atom stereocenters. The van der Waals surface area contributed by atoms with Crippen LogP contribution in [0.4, 0.5) is 0 Å². The Kier molecular flexibility index (Phi) is 4.22. The maximum Gasteiger partial charge on any atom is 0.263 e. The lowest BCUT2D eigenvalue weighted by Crippen LogP contribution is -2.47. The highest BCUT2D eigenvalue weighted by molar-refractivity contribution is 7.12. The number of thiophene rings is 1. The molecule has 0 aliphatic carbocycles. The second kappa shape index (κ2) is 6.37. The molecule has 4 nitrogen and oxygen atoms in total. The quantitative estimate of drug-likeness (QED) is 0.850. The monoisotopic (exact) mass is 344 g/mol. The fourth-order valence-electron chi connectivity index (χ4n) is 4.22. The number of hydrogen-bond donors (Lipinski definition) is 0. The predicted molar refractivity (Wildman–Crippen MR) is 95.2 cm³/mol. The summed E-state index contributed by atoms with van der Waals surface area (Å²) < 4.78 is 5.72. The van der Waals surface area contributed by atoms with Crippen molar-refractivity contribution in [1.82, 2.24) is 9.80 Å². The Hall–Kier alpha value is -1.59. The van der Waals surface area contributed by atoms with Gasteiger partial charge in [-0.05, 0) is 56.3 Å². The van der Waals surface area contributed by atoms with E-state index in [0.29, 0.717) is 0 Å². The molecule has 5 heteroatoms. The van der Waals surface area contributed by atoms with Crippen molar-refractivity contribution in [3.05, 3.63) is 46.0 Å². The van der Waals surface area contributed by atoms with E-state index in [1.165, 1.54) is 12.8 Å². The number of nitrogens with zero attached hydrogens (tertiary/aromatic N) is 2. The summed E-state index contributed by atoms with van der Waals surface area (Å²) in [6.45, 7) is 6.84. The highest BCUT2D eigenvalue weighted by atomic mass is 32.1. The Morgan fingerprint density at radius 1 is 1.25 bits per heavy atom. The Morgan fingerprint density at radius 3 is 2.92 bits per heavy atom. The summed E-state index contributed by atoms with van der Waals surface area (Å²) in [6, 6.07) is 8.01. The number of piperidine rings is 1. The lowest BCUT2D eigenvalue weighted by atomic mass is 9.79. The molecule has 2 aliphatic rings. The Labute approximate surface area is 147 Å². The number of rotatable bonds is 3. The number of furan rings is 1. The molecular formula is C19H24N2O2S. The van der Waals surface area contributed by atoms with Crippen molar-refractivity contribution in [2.75, 3.05) is 26.2 Å². The van der Waals surface area contributed by atoms with Crippen LogP contribution in [0.5, 0.6) is 0 Å². The summed E-state index contributed by atoms with van der Waals surface area (Å²) >= 11 is 1.55. The molecule has 2 aliphatic heterocycles. The first kappa shape index (κ1) is 15.9. The number of aryl methyl sites for hydroxylation is 1. The molecule has 0 N–H and O–H groups in total. The minimum absolute atomic E-state index is 0.212. The van der Waals surface area contributed by atoms with Crippen molar-refractivity contribution in [1.29, 1.82) is 0 Å². The van der Waals surface area contributed by atoms with Gasteiger partial charge in [-0.3, -0.25) is 9.69 Å². The van der Waals surface area contributed by atoms with Crippen LogP contribution in [0, 0.1) is 12.3 Å². The summed E-state index contributed by atoms with van der Waals surface area (Å²) in [4.78, 5) is 18.1. The first-order valence-corrected chi connectivity index (χ1v) is 9.62. The highest BCUT2D eigenvalue weighted by Gasteiger charge is 2.42. The van der Waals surface area contributed by atoms with Crippen LogP contribution in [-0.4, -0.2) is 41.9 Å². The molecule has 0 bridgehead atoms. The molecule has 4 rings (SSSR count). The number of hydrogen-bond acceptors (Lipinski definition) is 4. The molecule has 4 heterocycles. The van der Waals surface area contributed by atoms with Crippen molar-refractivity contribution >= 4 is 17.2 Å². The topological polar surface area (TPSA) is 36.7 Å². The maximum atomic E-state index is 12.7. The molecule has 2 aromatic rings. The number of carbonyl (C=O) groups is 1. The number of carbonyl (C=O) groups excluding carboxylic acids is 1. The van der Waals surface area contributed by atoms with Crippen LogP contribution < -0.4 is 0 Å². The zero-order valence-corrected chi connectivity index (χ0v) is 15.0. The van der Waals surface area contributed by atoms with Gasteiger partial charge in [0.15, 0.2) is 0 Å². The third-order valence-corrected chi connectivity index (χ3v) is 6.23. The third-order valence-electron chi connectivity index (χ3n) is 5.37. The molecule has 128 valence electrons. The molecule has 1 unspecified atom stereocenters. The summed E-state index contributed by atoms with van der Waals surface area (Å²) in [6.07, 6.45) is 3.53. The van der Waals surface area contributed by atoms with Crippen LogP contribution in [0.1, 0.15) is 40.5 Å². The second-order valence-electron chi connectivity index (χ2n) is 7.28. The highest BCUT2D eigenvalue weighted by Crippen LogP contribution is 2.40. The van der Waals surface area contributed by atoms with Crippen LogP contribution in [0.3, 0.4) is 0 Å². The van der Waals surface area contributed by atoms with E-state index < -0.39 is 0 Å². The average molecular weight is 344 g/mol. The zero-order chi connectivity index (χ0) is 16.6. The standard InChI is InChI=1S/C19H24N2O2S/c1-15-5-6-16(23-15)12-20-10-8-19(13-20)7-3-9-21(14-19)18(22)17-4-2-11-24-17/h2,4-6,11H,3,7-10,12-14H2,1H3. The SMILES string of the molecule is Cc1ccc(CN2CCC3(CCCN(C(=O)c4cccs4)C3)C2)o1. The van der Waals surface area contributed by atoms with Crippen LogP contribution >= 0.6 is 11.3 Å². The van der Waals surface area contributed by atoms with Gasteiger partial charge in [-0.15, -0.1) is 11.3 Å². The van der Waals surface area contributed by atoms with Gasteiger partial charge in [0, 0.05) is 25.0 Å². The minimum Gasteiger partial charge on any atom is -0.465 e. The van der Waals surface area contributed by atoms with Crippen molar-refractivity contribution in [3.63, 3.8) is 0 Å². The minimum atomic E-state index is 0.212. The molecule has 0 saturated carbocycles. The van der Waals surface area contributed by atoms with Gasteiger partial charge in [0.2, 0.25) is 0 Å². The second-order valence-corrected chi connectivity index (χ2v) is 8.23. The molecular weight excluding hydrogens is 320 g/mol. The molecule has 24 heavy (non-hydrogen) atoms. The van der Waals surface area contributed by atoms with E-state index in [9.17, 15) is 4.79 Å². The zero-order valence-electron chi connectivity index (χ0n) is 14.2. The molecule has 0 aromatic carbocycles. The summed E-state index contributed by atoms with van der Waals surface area (Å²) in [5.41, 5.74) is 0.271.